The van der Waals surface area contributed by atoms with Crippen LogP contribution in [0.25, 0.3) is 0 Å². The van der Waals surface area contributed by atoms with Crippen molar-refractivity contribution in [3.63, 3.8) is 0 Å². The Kier molecular flexibility index (Phi) is 5.88. The van der Waals surface area contributed by atoms with E-state index in [0.717, 1.165) is 23.3 Å². The standard InChI is InChI=1S/C20H17ClF2N2O2/c21-19-18(27-12-15-5-6-16(22)9-17(15)23)7-8-25(20(19)26)11-14-3-1-13(10-24)2-4-14/h1-9H,10-12,24H2. The zero-order valence-corrected chi connectivity index (χ0v) is 15.0. The van der Waals surface area contributed by atoms with Gasteiger partial charge < -0.3 is 15.0 Å². The molecule has 1 aromatic heterocycles. The molecule has 2 aromatic carbocycles. The number of pyridine rings is 1. The third kappa shape index (κ3) is 4.53. The van der Waals surface area contributed by atoms with Gasteiger partial charge in [-0.25, -0.2) is 8.78 Å². The molecule has 3 aromatic rings. The lowest BCUT2D eigenvalue weighted by Crippen LogP contribution is -2.21. The highest BCUT2D eigenvalue weighted by Crippen LogP contribution is 2.22. The number of benzene rings is 2. The van der Waals surface area contributed by atoms with Crippen LogP contribution in [-0.2, 0) is 19.7 Å². The normalized spacial score (nSPS) is 10.8. The zero-order valence-electron chi connectivity index (χ0n) is 14.3. The SMILES string of the molecule is NCc1ccc(Cn2ccc(OCc3ccc(F)cc3F)c(Cl)c2=O)cc1. The maximum Gasteiger partial charge on any atom is 0.273 e. The van der Waals surface area contributed by atoms with Gasteiger partial charge in [0.2, 0.25) is 0 Å². The summed E-state index contributed by atoms with van der Waals surface area (Å²) in [7, 11) is 0. The Hall–Kier alpha value is -2.70. The molecule has 0 aliphatic carbocycles. The fourth-order valence-corrected chi connectivity index (χ4v) is 2.76. The van der Waals surface area contributed by atoms with E-state index >= 15 is 0 Å². The third-order valence-corrected chi connectivity index (χ3v) is 4.43. The van der Waals surface area contributed by atoms with E-state index in [-0.39, 0.29) is 22.9 Å². The van der Waals surface area contributed by atoms with Gasteiger partial charge in [0.15, 0.2) is 0 Å². The topological polar surface area (TPSA) is 57.2 Å². The molecule has 0 amide bonds. The first-order chi connectivity index (χ1) is 13.0. The molecule has 0 fully saturated rings. The van der Waals surface area contributed by atoms with Crippen molar-refractivity contribution in [3.8, 4) is 5.75 Å². The molecule has 0 saturated carbocycles. The highest BCUT2D eigenvalue weighted by atomic mass is 35.5. The van der Waals surface area contributed by atoms with E-state index in [1.165, 1.54) is 10.6 Å². The Morgan fingerprint density at radius 2 is 1.74 bits per heavy atom. The number of aromatic nitrogens is 1. The fourth-order valence-electron chi connectivity index (χ4n) is 2.54. The molecule has 0 radical (unpaired) electrons. The van der Waals surface area contributed by atoms with Crippen LogP contribution in [0.4, 0.5) is 8.78 Å². The summed E-state index contributed by atoms with van der Waals surface area (Å²) in [4.78, 5) is 12.4. The summed E-state index contributed by atoms with van der Waals surface area (Å²) < 4.78 is 33.5. The van der Waals surface area contributed by atoms with Crippen LogP contribution in [0.2, 0.25) is 5.02 Å². The van der Waals surface area contributed by atoms with Gasteiger partial charge in [0, 0.05) is 24.4 Å². The van der Waals surface area contributed by atoms with Crippen LogP contribution in [0, 0.1) is 11.6 Å². The summed E-state index contributed by atoms with van der Waals surface area (Å²) in [5.74, 6) is -1.25. The van der Waals surface area contributed by atoms with Crippen LogP contribution in [0.5, 0.6) is 5.75 Å². The minimum atomic E-state index is -0.722. The Morgan fingerprint density at radius 1 is 1.04 bits per heavy atom. The van der Waals surface area contributed by atoms with Crippen LogP contribution in [0.15, 0.2) is 59.5 Å². The van der Waals surface area contributed by atoms with Gasteiger partial charge in [-0.3, -0.25) is 4.79 Å². The first kappa shape index (κ1) is 19.1. The molecule has 0 aliphatic heterocycles. The third-order valence-electron chi connectivity index (χ3n) is 4.08. The van der Waals surface area contributed by atoms with Crippen molar-refractivity contribution in [2.45, 2.75) is 19.7 Å². The molecule has 0 saturated heterocycles. The molecule has 0 aliphatic rings. The monoisotopic (exact) mass is 390 g/mol. The van der Waals surface area contributed by atoms with Crippen molar-refractivity contribution in [1.29, 1.82) is 0 Å². The molecule has 7 heteroatoms. The molecule has 0 spiro atoms. The lowest BCUT2D eigenvalue weighted by Gasteiger charge is -2.12. The minimum absolute atomic E-state index is 0.0985. The van der Waals surface area contributed by atoms with Gasteiger partial charge >= 0.3 is 0 Å². The summed E-state index contributed by atoms with van der Waals surface area (Å²) in [5, 5.41) is -0.0985. The fraction of sp³-hybridized carbons (Fsp3) is 0.150. The number of ether oxygens (including phenoxy) is 1. The van der Waals surface area contributed by atoms with E-state index in [0.29, 0.717) is 13.1 Å². The van der Waals surface area contributed by atoms with E-state index < -0.39 is 17.2 Å². The minimum Gasteiger partial charge on any atom is -0.487 e. The van der Waals surface area contributed by atoms with Gasteiger partial charge in [-0.05, 0) is 29.3 Å². The van der Waals surface area contributed by atoms with E-state index in [1.807, 2.05) is 24.3 Å². The van der Waals surface area contributed by atoms with Crippen molar-refractivity contribution in [2.75, 3.05) is 0 Å². The molecule has 1 heterocycles. The lowest BCUT2D eigenvalue weighted by atomic mass is 10.1. The average molecular weight is 391 g/mol. The van der Waals surface area contributed by atoms with Gasteiger partial charge in [-0.1, -0.05) is 35.9 Å². The van der Waals surface area contributed by atoms with Gasteiger partial charge in [0.05, 0.1) is 6.54 Å². The number of halogens is 3. The van der Waals surface area contributed by atoms with Gasteiger partial charge in [-0.2, -0.15) is 0 Å². The Balaban J connectivity index is 1.75. The van der Waals surface area contributed by atoms with Crippen molar-refractivity contribution in [2.24, 2.45) is 5.73 Å². The predicted molar refractivity (Wildman–Crippen MR) is 99.8 cm³/mol. The van der Waals surface area contributed by atoms with Crippen LogP contribution in [0.1, 0.15) is 16.7 Å². The molecular weight excluding hydrogens is 374 g/mol. The van der Waals surface area contributed by atoms with E-state index in [4.69, 9.17) is 22.1 Å². The molecule has 27 heavy (non-hydrogen) atoms. The van der Waals surface area contributed by atoms with Crippen LogP contribution >= 0.6 is 11.6 Å². The average Bonchev–Trinajstić information content (AvgIpc) is 2.67. The second kappa shape index (κ2) is 8.33. The number of nitrogens with zero attached hydrogens (tertiary/aromatic N) is 1. The van der Waals surface area contributed by atoms with Crippen molar-refractivity contribution in [1.82, 2.24) is 4.57 Å². The zero-order chi connectivity index (χ0) is 19.4. The summed E-state index contributed by atoms with van der Waals surface area (Å²) in [6, 6.07) is 12.3. The van der Waals surface area contributed by atoms with Crippen LogP contribution in [0.3, 0.4) is 0 Å². The number of hydrogen-bond donors (Lipinski definition) is 1. The first-order valence-electron chi connectivity index (χ1n) is 8.21. The molecule has 3 rings (SSSR count). The number of hydrogen-bond acceptors (Lipinski definition) is 3. The summed E-state index contributed by atoms with van der Waals surface area (Å²) >= 11 is 6.11. The van der Waals surface area contributed by atoms with Gasteiger partial charge in [0.25, 0.3) is 5.56 Å². The smallest absolute Gasteiger partial charge is 0.273 e. The summed E-state index contributed by atoms with van der Waals surface area (Å²) in [5.41, 5.74) is 7.24. The quantitative estimate of drug-likeness (QED) is 0.695. The van der Waals surface area contributed by atoms with E-state index in [9.17, 15) is 13.6 Å². The van der Waals surface area contributed by atoms with Crippen LogP contribution in [-0.4, -0.2) is 4.57 Å². The molecule has 0 atom stereocenters. The van der Waals surface area contributed by atoms with Crippen LogP contribution < -0.4 is 16.0 Å². The summed E-state index contributed by atoms with van der Waals surface area (Å²) in [6.45, 7) is 0.624. The highest BCUT2D eigenvalue weighted by Gasteiger charge is 2.11. The Labute approximate surface area is 159 Å². The molecule has 0 unspecified atom stereocenters. The molecule has 4 nitrogen and oxygen atoms in total. The Bertz CT molecular complexity index is 1000. The van der Waals surface area contributed by atoms with Gasteiger partial charge in [0.1, 0.15) is 29.0 Å². The van der Waals surface area contributed by atoms with Gasteiger partial charge in [-0.15, -0.1) is 0 Å². The number of nitrogens with two attached hydrogens (primary N) is 1. The highest BCUT2D eigenvalue weighted by molar-refractivity contribution is 6.31. The molecule has 2 N–H and O–H groups in total. The largest absolute Gasteiger partial charge is 0.487 e. The maximum absolute atomic E-state index is 13.7. The number of rotatable bonds is 6. The second-order valence-electron chi connectivity index (χ2n) is 5.97. The van der Waals surface area contributed by atoms with E-state index in [1.54, 1.807) is 12.3 Å². The van der Waals surface area contributed by atoms with Crippen molar-refractivity contribution >= 4 is 11.6 Å². The summed E-state index contributed by atoms with van der Waals surface area (Å²) in [6.07, 6.45) is 1.56. The lowest BCUT2D eigenvalue weighted by molar-refractivity contribution is 0.298. The maximum atomic E-state index is 13.7. The van der Waals surface area contributed by atoms with E-state index in [2.05, 4.69) is 0 Å². The molecule has 140 valence electrons. The first-order valence-corrected chi connectivity index (χ1v) is 8.59. The van der Waals surface area contributed by atoms with Crippen molar-refractivity contribution in [3.05, 3.63) is 98.4 Å². The second-order valence-corrected chi connectivity index (χ2v) is 6.35. The predicted octanol–water partition coefficient (Wildman–Crippen LogP) is 3.87. The Morgan fingerprint density at radius 3 is 2.41 bits per heavy atom. The molecular formula is C20H17ClF2N2O2. The molecule has 0 bridgehead atoms. The van der Waals surface area contributed by atoms with Crippen molar-refractivity contribution < 1.29 is 13.5 Å².